The number of amides is 3. The van der Waals surface area contributed by atoms with Crippen LogP contribution in [0, 0.1) is 5.92 Å². The van der Waals surface area contributed by atoms with Gasteiger partial charge >= 0.3 is 0 Å². The van der Waals surface area contributed by atoms with E-state index in [1.165, 1.54) is 0 Å². The van der Waals surface area contributed by atoms with Crippen molar-refractivity contribution >= 4 is 28.6 Å². The molecule has 3 amide bonds. The Morgan fingerprint density at radius 1 is 1.25 bits per heavy atom. The molecule has 3 unspecified atom stereocenters. The number of carbonyl (C=O) groups is 3. The summed E-state index contributed by atoms with van der Waals surface area (Å²) in [7, 11) is 0. The van der Waals surface area contributed by atoms with E-state index in [1.807, 2.05) is 24.3 Å². The molecule has 3 atom stereocenters. The van der Waals surface area contributed by atoms with Gasteiger partial charge in [0.05, 0.1) is 23.2 Å². The van der Waals surface area contributed by atoms with Gasteiger partial charge in [0.15, 0.2) is 0 Å². The number of imide groups is 1. The Hall–Kier alpha value is -2.74. The van der Waals surface area contributed by atoms with E-state index in [-0.39, 0.29) is 36.8 Å². The molecule has 1 aliphatic carbocycles. The van der Waals surface area contributed by atoms with E-state index >= 15 is 0 Å². The number of benzene rings is 1. The maximum absolute atomic E-state index is 12.4. The fraction of sp³-hybridized carbons (Fsp3) is 0.500. The third-order valence-corrected chi connectivity index (χ3v) is 5.65. The number of hydrogen-bond donors (Lipinski definition) is 3. The molecule has 4 rings (SSSR count). The maximum atomic E-state index is 12.4. The van der Waals surface area contributed by atoms with E-state index in [1.54, 1.807) is 4.68 Å². The minimum absolute atomic E-state index is 0.0586. The Bertz CT molecular complexity index is 922. The zero-order chi connectivity index (χ0) is 19.7. The standard InChI is InChI=1S/C20H24N4O4/c25-13-6-5-12(9-13)10-21-18(27)11-24-16-4-2-1-3-14(16)19(23-24)15-7-8-17(26)22-20(15)28/h1-4,12-13,15,25H,5-11H2,(H,21,27)(H,22,26,28). The maximum Gasteiger partial charge on any atom is 0.241 e. The zero-order valence-corrected chi connectivity index (χ0v) is 15.6. The second-order valence-electron chi connectivity index (χ2n) is 7.70. The van der Waals surface area contributed by atoms with Crippen molar-refractivity contribution in [2.45, 2.75) is 50.7 Å². The lowest BCUT2D eigenvalue weighted by molar-refractivity contribution is -0.134. The average molecular weight is 384 g/mol. The van der Waals surface area contributed by atoms with Crippen LogP contribution in [0.3, 0.4) is 0 Å². The predicted octanol–water partition coefficient (Wildman–Crippen LogP) is 0.834. The highest BCUT2D eigenvalue weighted by Gasteiger charge is 2.32. The van der Waals surface area contributed by atoms with E-state index in [2.05, 4.69) is 15.7 Å². The summed E-state index contributed by atoms with van der Waals surface area (Å²) < 4.78 is 1.62. The van der Waals surface area contributed by atoms with Crippen molar-refractivity contribution in [3.63, 3.8) is 0 Å². The number of piperidine rings is 1. The fourth-order valence-corrected chi connectivity index (χ4v) is 4.17. The summed E-state index contributed by atoms with van der Waals surface area (Å²) in [6, 6.07) is 7.50. The molecule has 8 nitrogen and oxygen atoms in total. The molecule has 1 saturated heterocycles. The van der Waals surface area contributed by atoms with Crippen LogP contribution in [0.1, 0.15) is 43.7 Å². The Balaban J connectivity index is 1.50. The number of aliphatic hydroxyl groups excluding tert-OH is 1. The topological polar surface area (TPSA) is 113 Å². The lowest BCUT2D eigenvalue weighted by atomic mass is 9.93. The summed E-state index contributed by atoms with van der Waals surface area (Å²) in [6.07, 6.45) is 2.89. The van der Waals surface area contributed by atoms with Crippen LogP contribution in [-0.2, 0) is 20.9 Å². The lowest BCUT2D eigenvalue weighted by Crippen LogP contribution is -2.39. The molecule has 148 valence electrons. The van der Waals surface area contributed by atoms with E-state index in [4.69, 9.17) is 0 Å². The molecule has 8 heteroatoms. The van der Waals surface area contributed by atoms with Gasteiger partial charge in [-0.3, -0.25) is 24.4 Å². The third-order valence-electron chi connectivity index (χ3n) is 5.65. The van der Waals surface area contributed by atoms with Crippen LogP contribution in [0.2, 0.25) is 0 Å². The van der Waals surface area contributed by atoms with Crippen molar-refractivity contribution in [2.24, 2.45) is 5.92 Å². The van der Waals surface area contributed by atoms with E-state index < -0.39 is 5.92 Å². The summed E-state index contributed by atoms with van der Waals surface area (Å²) in [6.45, 7) is 0.609. The Labute approximate surface area is 162 Å². The molecule has 2 aliphatic rings. The summed E-state index contributed by atoms with van der Waals surface area (Å²) in [5.74, 6) is -0.930. The Morgan fingerprint density at radius 3 is 2.82 bits per heavy atom. The van der Waals surface area contributed by atoms with Crippen molar-refractivity contribution < 1.29 is 19.5 Å². The number of hydrogen-bond acceptors (Lipinski definition) is 5. The number of nitrogens with one attached hydrogen (secondary N) is 2. The van der Waals surface area contributed by atoms with Crippen LogP contribution in [0.25, 0.3) is 10.9 Å². The fourth-order valence-electron chi connectivity index (χ4n) is 4.17. The molecule has 3 N–H and O–H groups in total. The number of aromatic nitrogens is 2. The van der Waals surface area contributed by atoms with E-state index in [9.17, 15) is 19.5 Å². The van der Waals surface area contributed by atoms with Crippen molar-refractivity contribution in [2.75, 3.05) is 6.54 Å². The number of para-hydroxylation sites is 1. The monoisotopic (exact) mass is 384 g/mol. The second kappa shape index (κ2) is 7.71. The number of aliphatic hydroxyl groups is 1. The zero-order valence-electron chi connectivity index (χ0n) is 15.6. The van der Waals surface area contributed by atoms with Crippen LogP contribution in [0.5, 0.6) is 0 Å². The first-order valence-electron chi connectivity index (χ1n) is 9.75. The molecule has 1 aromatic heterocycles. The SMILES string of the molecule is O=C(Cn1nc(C2CCC(=O)NC2=O)c2ccccc21)NCC1CCC(O)C1. The predicted molar refractivity (Wildman–Crippen MR) is 101 cm³/mol. The highest BCUT2D eigenvalue weighted by Crippen LogP contribution is 2.30. The number of rotatable bonds is 5. The summed E-state index contributed by atoms with van der Waals surface area (Å²) in [4.78, 5) is 36.1. The third kappa shape index (κ3) is 3.77. The van der Waals surface area contributed by atoms with Gasteiger partial charge in [0.25, 0.3) is 0 Å². The first kappa shape index (κ1) is 18.6. The molecular weight excluding hydrogens is 360 g/mol. The van der Waals surface area contributed by atoms with E-state index in [0.29, 0.717) is 24.6 Å². The Morgan fingerprint density at radius 2 is 2.07 bits per heavy atom. The molecule has 0 bridgehead atoms. The highest BCUT2D eigenvalue weighted by molar-refractivity contribution is 6.02. The highest BCUT2D eigenvalue weighted by atomic mass is 16.3. The smallest absolute Gasteiger partial charge is 0.241 e. The van der Waals surface area contributed by atoms with Gasteiger partial charge in [-0.1, -0.05) is 18.2 Å². The summed E-state index contributed by atoms with van der Waals surface area (Å²) in [5.41, 5.74) is 1.39. The van der Waals surface area contributed by atoms with Gasteiger partial charge in [-0.15, -0.1) is 0 Å². The summed E-state index contributed by atoms with van der Waals surface area (Å²) >= 11 is 0. The molecular formula is C20H24N4O4. The molecule has 2 fully saturated rings. The number of carbonyl (C=O) groups excluding carboxylic acids is 3. The first-order valence-corrected chi connectivity index (χ1v) is 9.75. The van der Waals surface area contributed by atoms with Crippen LogP contribution in [-0.4, -0.2) is 45.3 Å². The second-order valence-corrected chi connectivity index (χ2v) is 7.70. The Kier molecular flexibility index (Phi) is 5.13. The van der Waals surface area contributed by atoms with Crippen molar-refractivity contribution in [3.05, 3.63) is 30.0 Å². The molecule has 2 heterocycles. The van der Waals surface area contributed by atoms with Crippen LogP contribution < -0.4 is 10.6 Å². The lowest BCUT2D eigenvalue weighted by Gasteiger charge is -2.19. The van der Waals surface area contributed by atoms with Crippen molar-refractivity contribution in [3.8, 4) is 0 Å². The van der Waals surface area contributed by atoms with Crippen LogP contribution in [0.15, 0.2) is 24.3 Å². The minimum atomic E-state index is -0.494. The quantitative estimate of drug-likeness (QED) is 0.661. The van der Waals surface area contributed by atoms with Gasteiger partial charge in [0.1, 0.15) is 6.54 Å². The summed E-state index contributed by atoms with van der Waals surface area (Å²) in [5, 5.41) is 20.3. The van der Waals surface area contributed by atoms with Gasteiger partial charge in [-0.25, -0.2) is 0 Å². The molecule has 28 heavy (non-hydrogen) atoms. The molecule has 1 aromatic carbocycles. The number of fused-ring (bicyclic) bond motifs is 1. The molecule has 1 saturated carbocycles. The first-order chi connectivity index (χ1) is 13.5. The normalized spacial score (nSPS) is 25.1. The van der Waals surface area contributed by atoms with Crippen molar-refractivity contribution in [1.29, 1.82) is 0 Å². The minimum Gasteiger partial charge on any atom is -0.393 e. The van der Waals surface area contributed by atoms with Gasteiger partial charge in [-0.2, -0.15) is 5.10 Å². The van der Waals surface area contributed by atoms with Gasteiger partial charge in [0.2, 0.25) is 17.7 Å². The van der Waals surface area contributed by atoms with Crippen LogP contribution >= 0.6 is 0 Å². The molecule has 0 radical (unpaired) electrons. The number of nitrogens with zero attached hydrogens (tertiary/aromatic N) is 2. The largest absolute Gasteiger partial charge is 0.393 e. The molecule has 1 aliphatic heterocycles. The van der Waals surface area contributed by atoms with Gasteiger partial charge in [-0.05, 0) is 37.7 Å². The molecule has 2 aromatic rings. The molecule has 0 spiro atoms. The van der Waals surface area contributed by atoms with Gasteiger partial charge in [0, 0.05) is 18.4 Å². The van der Waals surface area contributed by atoms with E-state index in [0.717, 1.165) is 30.2 Å². The average Bonchev–Trinajstić information content (AvgIpc) is 3.24. The van der Waals surface area contributed by atoms with Crippen molar-refractivity contribution in [1.82, 2.24) is 20.4 Å². The van der Waals surface area contributed by atoms with Gasteiger partial charge < -0.3 is 10.4 Å². The van der Waals surface area contributed by atoms with Crippen LogP contribution in [0.4, 0.5) is 0 Å².